The Kier molecular flexibility index (Phi) is 2.82. The highest BCUT2D eigenvalue weighted by Gasteiger charge is 2.39. The summed E-state index contributed by atoms with van der Waals surface area (Å²) in [4.78, 5) is 4.04. The molecule has 1 saturated carbocycles. The number of halogens is 2. The van der Waals surface area contributed by atoms with Crippen LogP contribution in [-0.2, 0) is 6.42 Å². The Labute approximate surface area is 96.4 Å². The molecule has 4 heteroatoms. The number of nitrogens with zero attached hydrogens (tertiary/aromatic N) is 1. The summed E-state index contributed by atoms with van der Waals surface area (Å²) in [5, 5.41) is 10.2. The average molecular weight is 277 g/mol. The molecule has 0 radical (unpaired) electrons. The Morgan fingerprint density at radius 2 is 2.29 bits per heavy atom. The standard InChI is InChI=1S/C10H11BrClNO/c11-8-5-7(9(12)13-6-8)1-2-10(14)3-4-10/h5-6,14H,1-4H2. The van der Waals surface area contributed by atoms with Crippen molar-refractivity contribution >= 4 is 27.5 Å². The van der Waals surface area contributed by atoms with Crippen molar-refractivity contribution in [1.29, 1.82) is 0 Å². The Balaban J connectivity index is 2.04. The van der Waals surface area contributed by atoms with Crippen LogP contribution in [0.4, 0.5) is 0 Å². The van der Waals surface area contributed by atoms with Crippen molar-refractivity contribution in [2.45, 2.75) is 31.3 Å². The second-order valence-corrected chi connectivity index (χ2v) is 5.10. The van der Waals surface area contributed by atoms with Crippen molar-refractivity contribution in [3.63, 3.8) is 0 Å². The molecule has 0 bridgehead atoms. The van der Waals surface area contributed by atoms with Crippen LogP contribution in [-0.4, -0.2) is 15.7 Å². The van der Waals surface area contributed by atoms with Crippen LogP contribution in [0.1, 0.15) is 24.8 Å². The first-order chi connectivity index (χ1) is 6.59. The van der Waals surface area contributed by atoms with Gasteiger partial charge in [0.25, 0.3) is 0 Å². The summed E-state index contributed by atoms with van der Waals surface area (Å²) in [5.41, 5.74) is 0.590. The van der Waals surface area contributed by atoms with E-state index in [1.54, 1.807) is 6.20 Å². The molecule has 14 heavy (non-hydrogen) atoms. The summed E-state index contributed by atoms with van der Waals surface area (Å²) < 4.78 is 0.930. The molecule has 0 unspecified atom stereocenters. The van der Waals surface area contributed by atoms with Crippen LogP contribution in [0, 0.1) is 0 Å². The average Bonchev–Trinajstić information content (AvgIpc) is 2.87. The van der Waals surface area contributed by atoms with Gasteiger partial charge in [-0.05, 0) is 53.2 Å². The third kappa shape index (κ3) is 2.47. The minimum Gasteiger partial charge on any atom is -0.390 e. The van der Waals surface area contributed by atoms with Gasteiger partial charge in [0.2, 0.25) is 0 Å². The molecular formula is C10H11BrClNO. The first-order valence-corrected chi connectivity index (χ1v) is 5.78. The second-order valence-electron chi connectivity index (χ2n) is 3.83. The molecule has 1 aromatic heterocycles. The van der Waals surface area contributed by atoms with Crippen molar-refractivity contribution in [1.82, 2.24) is 4.98 Å². The fourth-order valence-electron chi connectivity index (χ4n) is 1.40. The van der Waals surface area contributed by atoms with E-state index in [1.807, 2.05) is 6.07 Å². The van der Waals surface area contributed by atoms with Crippen LogP contribution < -0.4 is 0 Å². The van der Waals surface area contributed by atoms with Crippen molar-refractivity contribution in [2.24, 2.45) is 0 Å². The summed E-state index contributed by atoms with van der Waals surface area (Å²) in [6.45, 7) is 0. The van der Waals surface area contributed by atoms with E-state index in [-0.39, 0.29) is 0 Å². The Bertz CT molecular complexity index is 352. The highest BCUT2D eigenvalue weighted by molar-refractivity contribution is 9.10. The van der Waals surface area contributed by atoms with Crippen LogP contribution in [0.3, 0.4) is 0 Å². The number of rotatable bonds is 3. The van der Waals surface area contributed by atoms with Crippen molar-refractivity contribution in [2.75, 3.05) is 0 Å². The molecular weight excluding hydrogens is 265 g/mol. The monoisotopic (exact) mass is 275 g/mol. The predicted octanol–water partition coefficient (Wildman–Crippen LogP) is 2.96. The van der Waals surface area contributed by atoms with Gasteiger partial charge in [0.05, 0.1) is 5.60 Å². The molecule has 0 spiro atoms. The van der Waals surface area contributed by atoms with Crippen molar-refractivity contribution < 1.29 is 5.11 Å². The van der Waals surface area contributed by atoms with Gasteiger partial charge < -0.3 is 5.11 Å². The number of aromatic nitrogens is 1. The van der Waals surface area contributed by atoms with Crippen LogP contribution in [0.2, 0.25) is 5.15 Å². The van der Waals surface area contributed by atoms with Gasteiger partial charge in [-0.2, -0.15) is 0 Å². The summed E-state index contributed by atoms with van der Waals surface area (Å²) in [6, 6.07) is 1.96. The fourth-order valence-corrected chi connectivity index (χ4v) is 1.98. The Hall–Kier alpha value is -0.120. The summed E-state index contributed by atoms with van der Waals surface area (Å²) in [6.07, 6.45) is 5.10. The number of pyridine rings is 1. The molecule has 1 heterocycles. The third-order valence-electron chi connectivity index (χ3n) is 2.57. The number of aryl methyl sites for hydroxylation is 1. The van der Waals surface area contributed by atoms with Gasteiger partial charge >= 0.3 is 0 Å². The lowest BCUT2D eigenvalue weighted by Gasteiger charge is -2.08. The van der Waals surface area contributed by atoms with Crippen LogP contribution in [0.5, 0.6) is 0 Å². The molecule has 1 aliphatic rings. The quantitative estimate of drug-likeness (QED) is 0.861. The second kappa shape index (κ2) is 3.80. The Morgan fingerprint density at radius 1 is 1.57 bits per heavy atom. The van der Waals surface area contributed by atoms with Gasteiger partial charge in [-0.3, -0.25) is 0 Å². The molecule has 0 aromatic carbocycles. The first kappa shape index (κ1) is 10.4. The van der Waals surface area contributed by atoms with E-state index < -0.39 is 5.60 Å². The van der Waals surface area contributed by atoms with Gasteiger partial charge in [-0.1, -0.05) is 11.6 Å². The summed E-state index contributed by atoms with van der Waals surface area (Å²) >= 11 is 9.28. The topological polar surface area (TPSA) is 33.1 Å². The molecule has 1 aromatic rings. The molecule has 1 aliphatic carbocycles. The lowest BCUT2D eigenvalue weighted by atomic mass is 10.1. The zero-order valence-corrected chi connectivity index (χ0v) is 9.98. The van der Waals surface area contributed by atoms with Crippen molar-refractivity contribution in [3.8, 4) is 0 Å². The minimum atomic E-state index is -0.411. The van der Waals surface area contributed by atoms with E-state index in [0.29, 0.717) is 5.15 Å². The van der Waals surface area contributed by atoms with E-state index in [1.165, 1.54) is 0 Å². The largest absolute Gasteiger partial charge is 0.390 e. The van der Waals surface area contributed by atoms with Gasteiger partial charge in [-0.25, -0.2) is 4.98 Å². The zero-order valence-electron chi connectivity index (χ0n) is 7.63. The fraction of sp³-hybridized carbons (Fsp3) is 0.500. The number of aliphatic hydroxyl groups is 1. The summed E-state index contributed by atoms with van der Waals surface area (Å²) in [7, 11) is 0. The molecule has 2 rings (SSSR count). The van der Waals surface area contributed by atoms with Crippen LogP contribution in [0.25, 0.3) is 0 Å². The van der Waals surface area contributed by atoms with E-state index in [0.717, 1.165) is 35.7 Å². The summed E-state index contributed by atoms with van der Waals surface area (Å²) in [5.74, 6) is 0. The van der Waals surface area contributed by atoms with Crippen molar-refractivity contribution in [3.05, 3.63) is 27.5 Å². The predicted molar refractivity (Wildman–Crippen MR) is 59.5 cm³/mol. The van der Waals surface area contributed by atoms with Gasteiger partial charge in [0.1, 0.15) is 5.15 Å². The molecule has 1 N–H and O–H groups in total. The first-order valence-electron chi connectivity index (χ1n) is 4.61. The van der Waals surface area contributed by atoms with E-state index in [9.17, 15) is 5.11 Å². The van der Waals surface area contributed by atoms with Gasteiger partial charge in [0.15, 0.2) is 0 Å². The maximum Gasteiger partial charge on any atom is 0.132 e. The molecule has 0 aliphatic heterocycles. The van der Waals surface area contributed by atoms with E-state index in [2.05, 4.69) is 20.9 Å². The molecule has 0 saturated heterocycles. The third-order valence-corrected chi connectivity index (χ3v) is 3.34. The number of hydrogen-bond donors (Lipinski definition) is 1. The van der Waals surface area contributed by atoms with E-state index >= 15 is 0 Å². The molecule has 0 atom stereocenters. The highest BCUT2D eigenvalue weighted by atomic mass is 79.9. The molecule has 76 valence electrons. The normalized spacial score (nSPS) is 18.2. The minimum absolute atomic E-state index is 0.411. The van der Waals surface area contributed by atoms with Gasteiger partial charge in [-0.15, -0.1) is 0 Å². The lowest BCUT2D eigenvalue weighted by molar-refractivity contribution is 0.140. The maximum absolute atomic E-state index is 9.68. The van der Waals surface area contributed by atoms with Crippen LogP contribution >= 0.6 is 27.5 Å². The number of hydrogen-bond acceptors (Lipinski definition) is 2. The maximum atomic E-state index is 9.68. The van der Waals surface area contributed by atoms with Crippen LogP contribution in [0.15, 0.2) is 16.7 Å². The van der Waals surface area contributed by atoms with E-state index in [4.69, 9.17) is 11.6 Å². The molecule has 2 nitrogen and oxygen atoms in total. The SMILES string of the molecule is OC1(CCc2cc(Br)cnc2Cl)CC1. The highest BCUT2D eigenvalue weighted by Crippen LogP contribution is 2.39. The Morgan fingerprint density at radius 3 is 2.93 bits per heavy atom. The molecule has 1 fully saturated rings. The smallest absolute Gasteiger partial charge is 0.132 e. The lowest BCUT2D eigenvalue weighted by Crippen LogP contribution is -2.08. The van der Waals surface area contributed by atoms with Gasteiger partial charge in [0, 0.05) is 10.7 Å². The zero-order chi connectivity index (χ0) is 10.2. The molecule has 0 amide bonds.